The zero-order valence-corrected chi connectivity index (χ0v) is 14.8. The van der Waals surface area contributed by atoms with Crippen LogP contribution in [0.15, 0.2) is 0 Å². The number of aliphatic carboxylic acids is 1. The zero-order chi connectivity index (χ0) is 16.3. The molecule has 0 rings (SSSR count). The molecule has 0 heterocycles. The minimum absolute atomic E-state index is 0.215. The van der Waals surface area contributed by atoms with Gasteiger partial charge in [0.1, 0.15) is 12.1 Å². The smallest absolute Gasteiger partial charge is 0.326 e. The number of alkyl halides is 1. The van der Waals surface area contributed by atoms with Crippen LogP contribution in [0, 0.1) is 0 Å². The number of carbonyl (C=O) groups is 3. The van der Waals surface area contributed by atoms with Crippen LogP contribution in [-0.4, -0.2) is 39.4 Å². The molecule has 0 aromatic rings. The fraction of sp³-hybridized carbons (Fsp3) is 0.786. The van der Waals surface area contributed by atoms with E-state index in [0.717, 1.165) is 25.7 Å². The fourth-order valence-corrected chi connectivity index (χ4v) is 2.07. The van der Waals surface area contributed by atoms with Crippen LogP contribution in [0.3, 0.4) is 0 Å². The Morgan fingerprint density at radius 2 is 1.52 bits per heavy atom. The third-order valence-corrected chi connectivity index (χ3v) is 3.77. The van der Waals surface area contributed by atoms with E-state index in [1.54, 1.807) is 0 Å². The van der Waals surface area contributed by atoms with Crippen LogP contribution in [0.2, 0.25) is 0 Å². The lowest BCUT2D eigenvalue weighted by molar-refractivity contribution is -0.142. The molecule has 21 heavy (non-hydrogen) atoms. The predicted octanol–water partition coefficient (Wildman–Crippen LogP) is 1.86. The predicted molar refractivity (Wildman–Crippen MR) is 89.4 cm³/mol. The summed E-state index contributed by atoms with van der Waals surface area (Å²) in [5, 5.41) is 14.3. The highest BCUT2D eigenvalue weighted by Gasteiger charge is 2.25. The van der Waals surface area contributed by atoms with Crippen molar-refractivity contribution < 1.29 is 19.5 Å². The molecule has 2 unspecified atom stereocenters. The molecule has 2 atom stereocenters. The van der Waals surface area contributed by atoms with E-state index in [0.29, 0.717) is 12.8 Å². The molecule has 122 valence electrons. The molecule has 2 amide bonds. The van der Waals surface area contributed by atoms with Crippen molar-refractivity contribution >= 4 is 40.4 Å². The van der Waals surface area contributed by atoms with Crippen LogP contribution in [-0.2, 0) is 14.4 Å². The number of hydrogen-bond acceptors (Lipinski definition) is 3. The Morgan fingerprint density at radius 3 is 1.95 bits per heavy atom. The number of carbonyl (C=O) groups excluding carboxylic acids is 2. The number of halogens is 1. The summed E-state index contributed by atoms with van der Waals surface area (Å²) in [7, 11) is 0. The van der Waals surface area contributed by atoms with Gasteiger partial charge in [-0.15, -0.1) is 0 Å². The second-order valence-electron chi connectivity index (χ2n) is 4.94. The van der Waals surface area contributed by atoms with Crippen molar-refractivity contribution in [1.82, 2.24) is 10.6 Å². The highest BCUT2D eigenvalue weighted by molar-refractivity contribution is 14.1. The molecular formula is C14H25IN2O4. The third-order valence-electron chi connectivity index (χ3n) is 3.08. The maximum Gasteiger partial charge on any atom is 0.326 e. The Balaban J connectivity index is 4.66. The third kappa shape index (κ3) is 8.90. The molecule has 0 saturated heterocycles. The highest BCUT2D eigenvalue weighted by Crippen LogP contribution is 2.05. The quantitative estimate of drug-likeness (QED) is 0.357. The molecule has 0 radical (unpaired) electrons. The SMILES string of the molecule is CCCCC(NC(=O)C(CCCC)NC(=O)CI)C(=O)O. The van der Waals surface area contributed by atoms with E-state index in [4.69, 9.17) is 5.11 Å². The summed E-state index contributed by atoms with van der Waals surface area (Å²) in [5.74, 6) is -1.66. The maximum atomic E-state index is 12.2. The van der Waals surface area contributed by atoms with Gasteiger partial charge in [-0.2, -0.15) is 0 Å². The second kappa shape index (κ2) is 11.8. The van der Waals surface area contributed by atoms with Gasteiger partial charge in [-0.25, -0.2) is 4.79 Å². The summed E-state index contributed by atoms with van der Waals surface area (Å²) < 4.78 is 0.270. The number of hydrogen-bond donors (Lipinski definition) is 3. The van der Waals surface area contributed by atoms with Crippen LogP contribution in [0.5, 0.6) is 0 Å². The minimum atomic E-state index is -1.04. The van der Waals surface area contributed by atoms with E-state index in [2.05, 4.69) is 10.6 Å². The minimum Gasteiger partial charge on any atom is -0.480 e. The van der Waals surface area contributed by atoms with Gasteiger partial charge in [0.2, 0.25) is 11.8 Å². The van der Waals surface area contributed by atoms with Crippen LogP contribution < -0.4 is 10.6 Å². The highest BCUT2D eigenvalue weighted by atomic mass is 127. The second-order valence-corrected chi connectivity index (χ2v) is 5.70. The summed E-state index contributed by atoms with van der Waals surface area (Å²) >= 11 is 1.92. The molecule has 6 nitrogen and oxygen atoms in total. The average Bonchev–Trinajstić information content (AvgIpc) is 2.46. The van der Waals surface area contributed by atoms with Gasteiger partial charge in [-0.05, 0) is 12.8 Å². The monoisotopic (exact) mass is 412 g/mol. The lowest BCUT2D eigenvalue weighted by Gasteiger charge is -2.21. The molecule has 7 heteroatoms. The van der Waals surface area contributed by atoms with Gasteiger partial charge in [0.05, 0.1) is 4.43 Å². The normalized spacial score (nSPS) is 13.3. The van der Waals surface area contributed by atoms with Crippen molar-refractivity contribution in [3.8, 4) is 0 Å². The Bertz CT molecular complexity index is 350. The fourth-order valence-electron chi connectivity index (χ4n) is 1.85. The molecule has 0 aromatic carbocycles. The standard InChI is InChI=1S/C14H25IN2O4/c1-3-5-7-10(16-12(18)9-15)13(19)17-11(14(20)21)8-6-4-2/h10-11H,3-9H2,1-2H3,(H,16,18)(H,17,19)(H,20,21). The van der Waals surface area contributed by atoms with Gasteiger partial charge in [-0.3, -0.25) is 9.59 Å². The Morgan fingerprint density at radius 1 is 1.00 bits per heavy atom. The molecule has 0 saturated carbocycles. The van der Waals surface area contributed by atoms with E-state index >= 15 is 0 Å². The first kappa shape index (κ1) is 20.1. The first-order valence-corrected chi connectivity index (χ1v) is 8.87. The Kier molecular flexibility index (Phi) is 11.3. The van der Waals surface area contributed by atoms with Crippen molar-refractivity contribution in [2.24, 2.45) is 0 Å². The molecule has 0 aliphatic rings. The molecule has 0 aromatic heterocycles. The van der Waals surface area contributed by atoms with Gasteiger partial charge >= 0.3 is 5.97 Å². The Hall–Kier alpha value is -0.860. The van der Waals surface area contributed by atoms with Crippen LogP contribution in [0.4, 0.5) is 0 Å². The van der Waals surface area contributed by atoms with Crippen molar-refractivity contribution in [2.45, 2.75) is 64.5 Å². The van der Waals surface area contributed by atoms with Crippen LogP contribution in [0.25, 0.3) is 0 Å². The molecule has 0 aliphatic heterocycles. The first-order valence-electron chi connectivity index (χ1n) is 7.34. The van der Waals surface area contributed by atoms with Gasteiger partial charge in [0, 0.05) is 0 Å². The number of unbranched alkanes of at least 4 members (excludes halogenated alkanes) is 2. The molecule has 0 bridgehead atoms. The summed E-state index contributed by atoms with van der Waals surface area (Å²) in [4.78, 5) is 34.8. The topological polar surface area (TPSA) is 95.5 Å². The lowest BCUT2D eigenvalue weighted by Crippen LogP contribution is -2.51. The summed E-state index contributed by atoms with van der Waals surface area (Å²) in [6.07, 6.45) is 4.22. The Labute approximate surface area is 139 Å². The molecule has 0 aliphatic carbocycles. The van der Waals surface area contributed by atoms with E-state index in [-0.39, 0.29) is 10.3 Å². The van der Waals surface area contributed by atoms with Crippen LogP contribution in [0.1, 0.15) is 52.4 Å². The van der Waals surface area contributed by atoms with Crippen molar-refractivity contribution in [2.75, 3.05) is 4.43 Å². The van der Waals surface area contributed by atoms with Gasteiger partial charge in [-0.1, -0.05) is 62.1 Å². The molecule has 0 spiro atoms. The number of carboxylic acid groups (broad SMARTS) is 1. The first-order chi connectivity index (χ1) is 9.96. The molecule has 3 N–H and O–H groups in total. The number of rotatable bonds is 11. The van der Waals surface area contributed by atoms with Gasteiger partial charge in [0.15, 0.2) is 0 Å². The molecule has 0 fully saturated rings. The van der Waals surface area contributed by atoms with E-state index in [1.807, 2.05) is 36.4 Å². The number of amides is 2. The number of carboxylic acids is 1. The lowest BCUT2D eigenvalue weighted by atomic mass is 10.1. The van der Waals surface area contributed by atoms with Gasteiger partial charge < -0.3 is 15.7 Å². The summed E-state index contributed by atoms with van der Waals surface area (Å²) in [5.41, 5.74) is 0. The maximum absolute atomic E-state index is 12.2. The average molecular weight is 412 g/mol. The van der Waals surface area contributed by atoms with E-state index < -0.39 is 24.0 Å². The van der Waals surface area contributed by atoms with E-state index in [1.165, 1.54) is 0 Å². The summed E-state index contributed by atoms with van der Waals surface area (Å²) in [6, 6.07) is -1.55. The van der Waals surface area contributed by atoms with Gasteiger partial charge in [0.25, 0.3) is 0 Å². The summed E-state index contributed by atoms with van der Waals surface area (Å²) in [6.45, 7) is 3.96. The largest absolute Gasteiger partial charge is 0.480 e. The van der Waals surface area contributed by atoms with E-state index in [9.17, 15) is 14.4 Å². The van der Waals surface area contributed by atoms with Crippen molar-refractivity contribution in [3.63, 3.8) is 0 Å². The zero-order valence-electron chi connectivity index (χ0n) is 12.7. The van der Waals surface area contributed by atoms with Crippen molar-refractivity contribution in [1.29, 1.82) is 0 Å². The molecular weight excluding hydrogens is 387 g/mol. The van der Waals surface area contributed by atoms with Crippen molar-refractivity contribution in [3.05, 3.63) is 0 Å². The van der Waals surface area contributed by atoms with Crippen LogP contribution >= 0.6 is 22.6 Å². The number of nitrogens with one attached hydrogen (secondary N) is 2.